The standard InChI is InChI=1S/C14H19ClN2O2/c1-3-11-4-6-12(7-5-11)17-13(18)8-9-16-14(19)10(2)15/h4-7,10H,3,8-9H2,1-2H3,(H,16,19)(H,17,18)/t10-/m0/s1. The van der Waals surface area contributed by atoms with E-state index >= 15 is 0 Å². The molecule has 2 N–H and O–H groups in total. The lowest BCUT2D eigenvalue weighted by Gasteiger charge is -2.08. The fourth-order valence-electron chi connectivity index (χ4n) is 1.49. The van der Waals surface area contributed by atoms with Gasteiger partial charge < -0.3 is 10.6 Å². The van der Waals surface area contributed by atoms with Gasteiger partial charge in [0.2, 0.25) is 11.8 Å². The lowest BCUT2D eigenvalue weighted by molar-refractivity contribution is -0.120. The Morgan fingerprint density at radius 3 is 2.42 bits per heavy atom. The maximum Gasteiger partial charge on any atom is 0.237 e. The lowest BCUT2D eigenvalue weighted by atomic mass is 10.1. The number of alkyl halides is 1. The van der Waals surface area contributed by atoms with Crippen molar-refractivity contribution in [3.8, 4) is 0 Å². The number of aryl methyl sites for hydroxylation is 1. The summed E-state index contributed by atoms with van der Waals surface area (Å²) in [5.41, 5.74) is 1.99. The highest BCUT2D eigenvalue weighted by Crippen LogP contribution is 2.10. The summed E-state index contributed by atoms with van der Waals surface area (Å²) in [7, 11) is 0. The van der Waals surface area contributed by atoms with E-state index < -0.39 is 5.38 Å². The van der Waals surface area contributed by atoms with Gasteiger partial charge in [-0.1, -0.05) is 19.1 Å². The van der Waals surface area contributed by atoms with E-state index in [-0.39, 0.29) is 24.8 Å². The number of hydrogen-bond donors (Lipinski definition) is 2. The van der Waals surface area contributed by atoms with E-state index in [1.807, 2.05) is 24.3 Å². The van der Waals surface area contributed by atoms with Gasteiger partial charge in [0.15, 0.2) is 0 Å². The van der Waals surface area contributed by atoms with Crippen LogP contribution in [-0.4, -0.2) is 23.7 Å². The maximum atomic E-state index is 11.6. The van der Waals surface area contributed by atoms with E-state index in [0.717, 1.165) is 12.1 Å². The second-order valence-corrected chi connectivity index (χ2v) is 4.91. The molecule has 1 aromatic carbocycles. The molecule has 19 heavy (non-hydrogen) atoms. The van der Waals surface area contributed by atoms with Crippen LogP contribution in [0.4, 0.5) is 5.69 Å². The smallest absolute Gasteiger partial charge is 0.237 e. The van der Waals surface area contributed by atoms with Gasteiger partial charge in [-0.15, -0.1) is 11.6 Å². The van der Waals surface area contributed by atoms with Crippen LogP contribution in [0.1, 0.15) is 25.8 Å². The number of hydrogen-bond acceptors (Lipinski definition) is 2. The van der Waals surface area contributed by atoms with Gasteiger partial charge in [-0.05, 0) is 31.0 Å². The maximum absolute atomic E-state index is 11.6. The van der Waals surface area contributed by atoms with Crippen molar-refractivity contribution in [2.75, 3.05) is 11.9 Å². The quantitative estimate of drug-likeness (QED) is 0.787. The molecular weight excluding hydrogens is 264 g/mol. The number of anilines is 1. The first kappa shape index (κ1) is 15.5. The molecule has 0 aromatic heterocycles. The zero-order chi connectivity index (χ0) is 14.3. The van der Waals surface area contributed by atoms with Crippen LogP contribution < -0.4 is 10.6 Å². The molecule has 1 atom stereocenters. The number of rotatable bonds is 6. The summed E-state index contributed by atoms with van der Waals surface area (Å²) in [4.78, 5) is 22.8. The molecular formula is C14H19ClN2O2. The van der Waals surface area contributed by atoms with E-state index in [0.29, 0.717) is 0 Å². The van der Waals surface area contributed by atoms with Crippen LogP contribution in [0.25, 0.3) is 0 Å². The predicted molar refractivity (Wildman–Crippen MR) is 77.4 cm³/mol. The summed E-state index contributed by atoms with van der Waals surface area (Å²) >= 11 is 5.59. The molecule has 104 valence electrons. The molecule has 0 unspecified atom stereocenters. The minimum Gasteiger partial charge on any atom is -0.354 e. The van der Waals surface area contributed by atoms with Gasteiger partial charge in [0, 0.05) is 18.7 Å². The first-order chi connectivity index (χ1) is 9.02. The normalized spacial score (nSPS) is 11.7. The third kappa shape index (κ3) is 5.75. The van der Waals surface area contributed by atoms with Gasteiger partial charge >= 0.3 is 0 Å². The molecule has 2 amide bonds. The van der Waals surface area contributed by atoms with Crippen molar-refractivity contribution in [3.05, 3.63) is 29.8 Å². The molecule has 0 radical (unpaired) electrons. The first-order valence-electron chi connectivity index (χ1n) is 6.33. The lowest BCUT2D eigenvalue weighted by Crippen LogP contribution is -2.32. The highest BCUT2D eigenvalue weighted by atomic mass is 35.5. The molecule has 0 heterocycles. The summed E-state index contributed by atoms with van der Waals surface area (Å²) in [5, 5.41) is 4.78. The first-order valence-corrected chi connectivity index (χ1v) is 6.77. The van der Waals surface area contributed by atoms with Gasteiger partial charge in [0.25, 0.3) is 0 Å². The van der Waals surface area contributed by atoms with Gasteiger partial charge in [0.05, 0.1) is 0 Å². The van der Waals surface area contributed by atoms with Crippen molar-refractivity contribution in [1.29, 1.82) is 0 Å². The monoisotopic (exact) mass is 282 g/mol. The molecule has 0 aliphatic heterocycles. The largest absolute Gasteiger partial charge is 0.354 e. The van der Waals surface area contributed by atoms with E-state index in [1.54, 1.807) is 6.92 Å². The summed E-state index contributed by atoms with van der Waals surface area (Å²) in [6, 6.07) is 7.70. The Morgan fingerprint density at radius 2 is 1.89 bits per heavy atom. The van der Waals surface area contributed by atoms with Crippen molar-refractivity contribution in [2.24, 2.45) is 0 Å². The summed E-state index contributed by atoms with van der Waals surface area (Å²) in [5.74, 6) is -0.395. The topological polar surface area (TPSA) is 58.2 Å². The molecule has 0 aliphatic carbocycles. The van der Waals surface area contributed by atoms with Gasteiger partial charge in [-0.2, -0.15) is 0 Å². The van der Waals surface area contributed by atoms with Crippen LogP contribution >= 0.6 is 11.6 Å². The van der Waals surface area contributed by atoms with Crippen molar-refractivity contribution >= 4 is 29.1 Å². The van der Waals surface area contributed by atoms with Gasteiger partial charge in [0.1, 0.15) is 5.38 Å². The zero-order valence-electron chi connectivity index (χ0n) is 11.2. The Balaban J connectivity index is 2.32. The van der Waals surface area contributed by atoms with Crippen LogP contribution in [0.2, 0.25) is 0 Å². The van der Waals surface area contributed by atoms with Crippen LogP contribution in [0.15, 0.2) is 24.3 Å². The fraction of sp³-hybridized carbons (Fsp3) is 0.429. The van der Waals surface area contributed by atoms with E-state index in [4.69, 9.17) is 11.6 Å². The molecule has 1 rings (SSSR count). The van der Waals surface area contributed by atoms with Crippen LogP contribution in [-0.2, 0) is 16.0 Å². The average Bonchev–Trinajstić information content (AvgIpc) is 2.39. The van der Waals surface area contributed by atoms with Crippen molar-refractivity contribution in [1.82, 2.24) is 5.32 Å². The number of carbonyl (C=O) groups excluding carboxylic acids is 2. The molecule has 0 saturated heterocycles. The Morgan fingerprint density at radius 1 is 1.26 bits per heavy atom. The fourth-order valence-corrected chi connectivity index (χ4v) is 1.56. The molecule has 0 spiro atoms. The minimum absolute atomic E-state index is 0.133. The summed E-state index contributed by atoms with van der Waals surface area (Å²) in [6.07, 6.45) is 1.20. The highest BCUT2D eigenvalue weighted by Gasteiger charge is 2.09. The Kier molecular flexibility index (Phi) is 6.36. The van der Waals surface area contributed by atoms with Crippen LogP contribution in [0.3, 0.4) is 0 Å². The molecule has 1 aromatic rings. The second-order valence-electron chi connectivity index (χ2n) is 4.26. The third-order valence-corrected chi connectivity index (χ3v) is 2.86. The van der Waals surface area contributed by atoms with Crippen molar-refractivity contribution in [2.45, 2.75) is 32.1 Å². The summed E-state index contributed by atoms with van der Waals surface area (Å²) < 4.78 is 0. The van der Waals surface area contributed by atoms with Crippen molar-refractivity contribution in [3.63, 3.8) is 0 Å². The third-order valence-electron chi connectivity index (χ3n) is 2.66. The molecule has 0 aliphatic rings. The van der Waals surface area contributed by atoms with Crippen LogP contribution in [0.5, 0.6) is 0 Å². The van der Waals surface area contributed by atoms with Crippen molar-refractivity contribution < 1.29 is 9.59 Å². The molecule has 0 bridgehead atoms. The van der Waals surface area contributed by atoms with E-state index in [2.05, 4.69) is 17.6 Å². The molecule has 0 fully saturated rings. The number of halogens is 1. The number of benzene rings is 1. The minimum atomic E-state index is -0.579. The van der Waals surface area contributed by atoms with Gasteiger partial charge in [-0.3, -0.25) is 9.59 Å². The highest BCUT2D eigenvalue weighted by molar-refractivity contribution is 6.30. The Labute approximate surface area is 118 Å². The summed E-state index contributed by atoms with van der Waals surface area (Å²) in [6.45, 7) is 3.95. The molecule has 5 heteroatoms. The van der Waals surface area contributed by atoms with E-state index in [1.165, 1.54) is 5.56 Å². The number of amides is 2. The zero-order valence-corrected chi connectivity index (χ0v) is 12.0. The molecule has 0 saturated carbocycles. The average molecular weight is 283 g/mol. The predicted octanol–water partition coefficient (Wildman–Crippen LogP) is 2.32. The Hall–Kier alpha value is -1.55. The SMILES string of the molecule is CCc1ccc(NC(=O)CCNC(=O)[C@H](C)Cl)cc1. The van der Waals surface area contributed by atoms with Crippen LogP contribution in [0, 0.1) is 0 Å². The van der Waals surface area contributed by atoms with Gasteiger partial charge in [-0.25, -0.2) is 0 Å². The van der Waals surface area contributed by atoms with E-state index in [9.17, 15) is 9.59 Å². The number of carbonyl (C=O) groups is 2. The molecule has 4 nitrogen and oxygen atoms in total. The number of nitrogens with one attached hydrogen (secondary N) is 2. The Bertz CT molecular complexity index is 430. The second kappa shape index (κ2) is 7.79.